The van der Waals surface area contributed by atoms with Gasteiger partial charge in [-0.15, -0.1) is 5.10 Å². The molecule has 1 radical (unpaired) electrons. The van der Waals surface area contributed by atoms with Crippen LogP contribution in [0, 0.1) is 6.61 Å². The number of aromatic amines is 1. The second kappa shape index (κ2) is 3.76. The highest BCUT2D eigenvalue weighted by atomic mass is 16.5. The zero-order valence-electron chi connectivity index (χ0n) is 6.97. The Morgan fingerprint density at radius 2 is 2.00 bits per heavy atom. The molecule has 0 fully saturated rings. The van der Waals surface area contributed by atoms with Crippen LogP contribution in [0.2, 0.25) is 0 Å². The summed E-state index contributed by atoms with van der Waals surface area (Å²) in [7, 11) is 0. The third kappa shape index (κ3) is 2.08. The van der Waals surface area contributed by atoms with Crippen molar-refractivity contribution < 1.29 is 4.74 Å². The third-order valence-electron chi connectivity index (χ3n) is 1.59. The van der Waals surface area contributed by atoms with Gasteiger partial charge < -0.3 is 4.74 Å². The van der Waals surface area contributed by atoms with Crippen molar-refractivity contribution in [2.45, 2.75) is 0 Å². The van der Waals surface area contributed by atoms with E-state index in [1.165, 1.54) is 0 Å². The molecule has 0 aliphatic rings. The van der Waals surface area contributed by atoms with Gasteiger partial charge in [0.15, 0.2) is 6.61 Å². The highest BCUT2D eigenvalue weighted by Gasteiger charge is 1.96. The van der Waals surface area contributed by atoms with Gasteiger partial charge in [0.25, 0.3) is 0 Å². The largest absolute Gasteiger partial charge is 0.464 e. The molecule has 0 saturated heterocycles. The highest BCUT2D eigenvalue weighted by molar-refractivity contribution is 5.21. The van der Waals surface area contributed by atoms with Crippen LogP contribution in [0.25, 0.3) is 0 Å². The molecule has 1 heterocycles. The normalized spacial score (nSPS) is 9.85. The van der Waals surface area contributed by atoms with Crippen LogP contribution in [0.3, 0.4) is 0 Å². The van der Waals surface area contributed by atoms with Crippen LogP contribution < -0.4 is 4.74 Å². The molecular weight excluding hydrogens is 164 g/mol. The van der Waals surface area contributed by atoms with E-state index in [4.69, 9.17) is 4.74 Å². The van der Waals surface area contributed by atoms with Crippen molar-refractivity contribution in [3.05, 3.63) is 54.8 Å². The summed E-state index contributed by atoms with van der Waals surface area (Å²) in [6.07, 6.45) is 1.72. The van der Waals surface area contributed by atoms with Crippen LogP contribution >= 0.6 is 0 Å². The molecule has 0 unspecified atom stereocenters. The lowest BCUT2D eigenvalue weighted by Gasteiger charge is -1.99. The minimum atomic E-state index is 0.573. The second-order valence-electron chi connectivity index (χ2n) is 2.56. The molecule has 1 aromatic heterocycles. The van der Waals surface area contributed by atoms with Crippen molar-refractivity contribution >= 4 is 0 Å². The fraction of sp³-hybridized carbons (Fsp3) is 0. The lowest BCUT2D eigenvalue weighted by Crippen LogP contribution is -1.91. The third-order valence-corrected chi connectivity index (χ3v) is 1.59. The van der Waals surface area contributed by atoms with Crippen molar-refractivity contribution in [2.75, 3.05) is 0 Å². The Hall–Kier alpha value is -1.77. The lowest BCUT2D eigenvalue weighted by atomic mass is 10.2. The Morgan fingerprint density at radius 1 is 1.15 bits per heavy atom. The summed E-state index contributed by atoms with van der Waals surface area (Å²) in [5.41, 5.74) is 1.02. The average molecular weight is 173 g/mol. The highest BCUT2D eigenvalue weighted by Crippen LogP contribution is 2.08. The number of aromatic nitrogens is 2. The van der Waals surface area contributed by atoms with E-state index >= 15 is 0 Å². The molecule has 0 amide bonds. The molecule has 3 nitrogen and oxygen atoms in total. The van der Waals surface area contributed by atoms with Crippen molar-refractivity contribution in [3.63, 3.8) is 0 Å². The number of hydrogen-bond acceptors (Lipinski definition) is 2. The van der Waals surface area contributed by atoms with Gasteiger partial charge in [-0.1, -0.05) is 30.3 Å². The molecule has 2 rings (SSSR count). The van der Waals surface area contributed by atoms with Crippen molar-refractivity contribution in [3.8, 4) is 5.88 Å². The fourth-order valence-corrected chi connectivity index (χ4v) is 0.972. The molecule has 2 aromatic rings. The minimum absolute atomic E-state index is 0.573. The van der Waals surface area contributed by atoms with Gasteiger partial charge in [0.05, 0.1) is 0 Å². The Bertz CT molecular complexity index is 342. The standard InChI is InChI=1S/C10H9N2O/c1-2-4-9(5-3-1)8-13-10-6-7-11-12-10/h1-8H,(H,11,12). The number of ether oxygens (including phenoxy) is 1. The molecule has 0 bridgehead atoms. The first-order valence-corrected chi connectivity index (χ1v) is 4.00. The van der Waals surface area contributed by atoms with Gasteiger partial charge in [-0.2, -0.15) is 0 Å². The molecule has 0 aliphatic heterocycles. The van der Waals surface area contributed by atoms with Gasteiger partial charge in [-0.3, -0.25) is 5.10 Å². The first kappa shape index (κ1) is 7.86. The van der Waals surface area contributed by atoms with Gasteiger partial charge >= 0.3 is 0 Å². The fourth-order valence-electron chi connectivity index (χ4n) is 0.972. The molecule has 3 heteroatoms. The second-order valence-corrected chi connectivity index (χ2v) is 2.56. The van der Waals surface area contributed by atoms with Crippen LogP contribution in [0.4, 0.5) is 0 Å². The monoisotopic (exact) mass is 173 g/mol. The van der Waals surface area contributed by atoms with Crippen LogP contribution in [-0.2, 0) is 0 Å². The summed E-state index contributed by atoms with van der Waals surface area (Å²) in [6, 6.07) is 11.6. The molecule has 0 spiro atoms. The van der Waals surface area contributed by atoms with Gasteiger partial charge in [-0.05, 0) is 5.56 Å². The van der Waals surface area contributed by atoms with E-state index in [9.17, 15) is 0 Å². The van der Waals surface area contributed by atoms with E-state index in [2.05, 4.69) is 10.2 Å². The maximum absolute atomic E-state index is 5.26. The van der Waals surface area contributed by atoms with Crippen molar-refractivity contribution in [2.24, 2.45) is 0 Å². The average Bonchev–Trinajstić information content (AvgIpc) is 2.69. The molecule has 0 atom stereocenters. The first-order chi connectivity index (χ1) is 6.45. The van der Waals surface area contributed by atoms with Crippen LogP contribution in [0.15, 0.2) is 42.6 Å². The summed E-state index contributed by atoms with van der Waals surface area (Å²) >= 11 is 0. The van der Waals surface area contributed by atoms with E-state index < -0.39 is 0 Å². The van der Waals surface area contributed by atoms with E-state index in [0.29, 0.717) is 5.88 Å². The molecule has 65 valence electrons. The molecule has 13 heavy (non-hydrogen) atoms. The Kier molecular flexibility index (Phi) is 2.27. The number of hydrogen-bond donors (Lipinski definition) is 1. The number of H-pyrrole nitrogens is 1. The minimum Gasteiger partial charge on any atom is -0.464 e. The summed E-state index contributed by atoms with van der Waals surface area (Å²) in [6.45, 7) is 1.66. The van der Waals surface area contributed by atoms with Crippen LogP contribution in [0.5, 0.6) is 5.88 Å². The van der Waals surface area contributed by atoms with Gasteiger partial charge in [0, 0.05) is 12.3 Å². The number of rotatable bonds is 3. The Labute approximate surface area is 76.4 Å². The molecule has 1 aromatic carbocycles. The Balaban J connectivity index is 1.94. The van der Waals surface area contributed by atoms with Gasteiger partial charge in [0.1, 0.15) is 0 Å². The van der Waals surface area contributed by atoms with E-state index in [1.807, 2.05) is 30.3 Å². The quantitative estimate of drug-likeness (QED) is 0.770. The molecular formula is C10H9N2O. The lowest BCUT2D eigenvalue weighted by molar-refractivity contribution is 0.410. The summed E-state index contributed by atoms with van der Waals surface area (Å²) in [5.74, 6) is 0.573. The molecule has 0 saturated carbocycles. The number of nitrogens with one attached hydrogen (secondary N) is 1. The Morgan fingerprint density at radius 3 is 2.69 bits per heavy atom. The topological polar surface area (TPSA) is 37.9 Å². The summed E-state index contributed by atoms with van der Waals surface area (Å²) < 4.78 is 5.26. The first-order valence-electron chi connectivity index (χ1n) is 4.00. The van der Waals surface area contributed by atoms with Crippen molar-refractivity contribution in [1.29, 1.82) is 0 Å². The number of benzene rings is 1. The van der Waals surface area contributed by atoms with Crippen LogP contribution in [-0.4, -0.2) is 10.2 Å². The predicted molar refractivity (Wildman–Crippen MR) is 49.1 cm³/mol. The maximum Gasteiger partial charge on any atom is 0.233 e. The predicted octanol–water partition coefficient (Wildman–Crippen LogP) is 2.00. The molecule has 0 aliphatic carbocycles. The summed E-state index contributed by atoms with van der Waals surface area (Å²) in [5, 5.41) is 6.52. The zero-order chi connectivity index (χ0) is 8.93. The van der Waals surface area contributed by atoms with Gasteiger partial charge in [-0.25, -0.2) is 0 Å². The SMILES string of the molecule is [CH](Oc1cc[nH]n1)c1ccccc1. The van der Waals surface area contributed by atoms with Crippen LogP contribution in [0.1, 0.15) is 5.56 Å². The maximum atomic E-state index is 5.26. The molecule has 1 N–H and O–H groups in total. The van der Waals surface area contributed by atoms with E-state index in [-0.39, 0.29) is 0 Å². The zero-order valence-corrected chi connectivity index (χ0v) is 6.97. The van der Waals surface area contributed by atoms with E-state index in [0.717, 1.165) is 5.56 Å². The smallest absolute Gasteiger partial charge is 0.233 e. The van der Waals surface area contributed by atoms with Crippen molar-refractivity contribution in [1.82, 2.24) is 10.2 Å². The summed E-state index contributed by atoms with van der Waals surface area (Å²) in [4.78, 5) is 0. The van der Waals surface area contributed by atoms with Gasteiger partial charge in [0.2, 0.25) is 5.88 Å². The number of nitrogens with zero attached hydrogens (tertiary/aromatic N) is 1. The van der Waals surface area contributed by atoms with E-state index in [1.54, 1.807) is 18.9 Å².